The number of aryl methyl sites for hydroxylation is 1. The molecule has 0 aliphatic carbocycles. The highest BCUT2D eigenvalue weighted by molar-refractivity contribution is 7.89. The minimum absolute atomic E-state index is 0.0148. The number of nitrogen functional groups attached to an aromatic ring is 1. The van der Waals surface area contributed by atoms with E-state index in [1.165, 1.54) is 6.07 Å². The maximum atomic E-state index is 11.6. The minimum Gasteiger partial charge on any atom is -0.399 e. The quantitative estimate of drug-likeness (QED) is 0.713. The van der Waals surface area contributed by atoms with Gasteiger partial charge in [-0.3, -0.25) is 4.68 Å². The third-order valence-corrected chi connectivity index (χ3v) is 4.07. The van der Waals surface area contributed by atoms with Gasteiger partial charge in [-0.25, -0.2) is 13.6 Å². The average Bonchev–Trinajstić information content (AvgIpc) is 2.67. The normalized spacial score (nSPS) is 11.6. The van der Waals surface area contributed by atoms with Gasteiger partial charge in [-0.05, 0) is 25.1 Å². The van der Waals surface area contributed by atoms with Crippen LogP contribution in [0.5, 0.6) is 0 Å². The van der Waals surface area contributed by atoms with Crippen LogP contribution in [0.15, 0.2) is 29.3 Å². The van der Waals surface area contributed by atoms with Crippen molar-refractivity contribution in [2.75, 3.05) is 11.1 Å². The number of nitrogens with two attached hydrogens (primary N) is 2. The number of rotatable bonds is 4. The van der Waals surface area contributed by atoms with E-state index in [2.05, 4.69) is 10.4 Å². The largest absolute Gasteiger partial charge is 0.399 e. The van der Waals surface area contributed by atoms with Crippen LogP contribution in [0.4, 0.5) is 11.4 Å². The van der Waals surface area contributed by atoms with Gasteiger partial charge in [-0.2, -0.15) is 5.10 Å². The van der Waals surface area contributed by atoms with Gasteiger partial charge in [-0.15, -0.1) is 0 Å². The fourth-order valence-corrected chi connectivity index (χ4v) is 2.58. The minimum atomic E-state index is -3.83. The second-order valence-corrected chi connectivity index (χ2v) is 6.06. The van der Waals surface area contributed by atoms with Gasteiger partial charge in [0.2, 0.25) is 10.0 Å². The lowest BCUT2D eigenvalue weighted by Gasteiger charge is -2.11. The summed E-state index contributed by atoms with van der Waals surface area (Å²) in [6.45, 7) is 2.39. The van der Waals surface area contributed by atoms with Crippen molar-refractivity contribution >= 4 is 21.4 Å². The summed E-state index contributed by atoms with van der Waals surface area (Å²) in [6.07, 6.45) is 1.73. The first kappa shape index (κ1) is 14.4. The molecule has 0 bridgehead atoms. The monoisotopic (exact) mass is 295 g/mol. The predicted octanol–water partition coefficient (Wildman–Crippen LogP) is 0.570. The van der Waals surface area contributed by atoms with Crippen LogP contribution in [0, 0.1) is 6.92 Å². The molecule has 2 aromatic rings. The van der Waals surface area contributed by atoms with Gasteiger partial charge in [0, 0.05) is 30.5 Å². The zero-order valence-electron chi connectivity index (χ0n) is 11.3. The van der Waals surface area contributed by atoms with Crippen molar-refractivity contribution in [2.45, 2.75) is 18.4 Å². The predicted molar refractivity (Wildman–Crippen MR) is 77.5 cm³/mol. The van der Waals surface area contributed by atoms with Crippen LogP contribution in [-0.4, -0.2) is 18.2 Å². The Labute approximate surface area is 117 Å². The van der Waals surface area contributed by atoms with Crippen molar-refractivity contribution < 1.29 is 8.42 Å². The summed E-state index contributed by atoms with van der Waals surface area (Å²) in [7, 11) is -1.98. The molecule has 7 nitrogen and oxygen atoms in total. The van der Waals surface area contributed by atoms with Gasteiger partial charge >= 0.3 is 0 Å². The first-order chi connectivity index (χ1) is 9.29. The Kier molecular flexibility index (Phi) is 3.69. The van der Waals surface area contributed by atoms with E-state index in [4.69, 9.17) is 10.9 Å². The van der Waals surface area contributed by atoms with Crippen molar-refractivity contribution in [1.82, 2.24) is 9.78 Å². The van der Waals surface area contributed by atoms with E-state index in [0.717, 1.165) is 11.3 Å². The van der Waals surface area contributed by atoms with Crippen molar-refractivity contribution in [1.29, 1.82) is 0 Å². The summed E-state index contributed by atoms with van der Waals surface area (Å²) in [6, 6.07) is 4.56. The molecule has 8 heteroatoms. The van der Waals surface area contributed by atoms with E-state index in [-0.39, 0.29) is 4.90 Å². The number of sulfonamides is 1. The Morgan fingerprint density at radius 1 is 1.40 bits per heavy atom. The molecule has 0 unspecified atom stereocenters. The molecule has 108 valence electrons. The smallest absolute Gasteiger partial charge is 0.240 e. The fourth-order valence-electron chi connectivity index (χ4n) is 1.83. The zero-order chi connectivity index (χ0) is 14.9. The van der Waals surface area contributed by atoms with Gasteiger partial charge in [-0.1, -0.05) is 0 Å². The third-order valence-electron chi connectivity index (χ3n) is 3.12. The summed E-state index contributed by atoms with van der Waals surface area (Å²) in [5, 5.41) is 12.4. The molecule has 0 saturated heterocycles. The first-order valence-electron chi connectivity index (χ1n) is 5.92. The SMILES string of the molecule is Cc1c(CNc2ccc(N)cc2S(N)(=O)=O)cnn1C. The molecule has 1 heterocycles. The van der Waals surface area contributed by atoms with Crippen molar-refractivity contribution in [3.63, 3.8) is 0 Å². The number of hydrogen-bond donors (Lipinski definition) is 3. The summed E-state index contributed by atoms with van der Waals surface area (Å²) in [5.41, 5.74) is 8.34. The topological polar surface area (TPSA) is 116 Å². The summed E-state index contributed by atoms with van der Waals surface area (Å²) < 4.78 is 24.9. The highest BCUT2D eigenvalue weighted by atomic mass is 32.2. The molecule has 20 heavy (non-hydrogen) atoms. The molecular weight excluding hydrogens is 278 g/mol. The molecule has 1 aromatic heterocycles. The van der Waals surface area contributed by atoms with Crippen LogP contribution >= 0.6 is 0 Å². The van der Waals surface area contributed by atoms with Gasteiger partial charge in [0.25, 0.3) is 0 Å². The molecule has 1 aromatic carbocycles. The van der Waals surface area contributed by atoms with Gasteiger partial charge in [0.05, 0.1) is 11.9 Å². The van der Waals surface area contributed by atoms with Crippen LogP contribution in [0.1, 0.15) is 11.3 Å². The van der Waals surface area contributed by atoms with E-state index < -0.39 is 10.0 Å². The fraction of sp³-hybridized carbons (Fsp3) is 0.250. The molecule has 5 N–H and O–H groups in total. The van der Waals surface area contributed by atoms with Gasteiger partial charge in [0.1, 0.15) is 4.90 Å². The lowest BCUT2D eigenvalue weighted by molar-refractivity contribution is 0.598. The molecular formula is C12H17N5O2S. The Balaban J connectivity index is 2.28. The number of aromatic nitrogens is 2. The Hall–Kier alpha value is -2.06. The highest BCUT2D eigenvalue weighted by Gasteiger charge is 2.14. The van der Waals surface area contributed by atoms with Crippen LogP contribution in [0.25, 0.3) is 0 Å². The molecule has 0 fully saturated rings. The Morgan fingerprint density at radius 3 is 2.65 bits per heavy atom. The number of nitrogens with zero attached hydrogens (tertiary/aromatic N) is 2. The van der Waals surface area contributed by atoms with Crippen molar-refractivity contribution in [2.24, 2.45) is 12.2 Å². The number of primary sulfonamides is 1. The number of nitrogens with one attached hydrogen (secondary N) is 1. The zero-order valence-corrected chi connectivity index (χ0v) is 12.1. The van der Waals surface area contributed by atoms with Crippen LogP contribution in [0.3, 0.4) is 0 Å². The second kappa shape index (κ2) is 5.14. The Bertz CT molecular complexity index is 736. The van der Waals surface area contributed by atoms with E-state index in [0.29, 0.717) is 17.9 Å². The molecule has 0 atom stereocenters. The maximum absolute atomic E-state index is 11.6. The lowest BCUT2D eigenvalue weighted by atomic mass is 10.2. The number of anilines is 2. The van der Waals surface area contributed by atoms with Crippen molar-refractivity contribution in [3.8, 4) is 0 Å². The van der Waals surface area contributed by atoms with Crippen LogP contribution < -0.4 is 16.2 Å². The molecule has 0 aliphatic rings. The van der Waals surface area contributed by atoms with Crippen LogP contribution in [-0.2, 0) is 23.6 Å². The lowest BCUT2D eigenvalue weighted by Crippen LogP contribution is -2.15. The summed E-state index contributed by atoms with van der Waals surface area (Å²) in [4.78, 5) is -0.0148. The highest BCUT2D eigenvalue weighted by Crippen LogP contribution is 2.23. The average molecular weight is 295 g/mol. The number of benzene rings is 1. The van der Waals surface area contributed by atoms with E-state index in [1.54, 1.807) is 23.0 Å². The molecule has 0 radical (unpaired) electrons. The first-order valence-corrected chi connectivity index (χ1v) is 7.47. The number of hydrogen-bond acceptors (Lipinski definition) is 5. The molecule has 2 rings (SSSR count). The van der Waals surface area contributed by atoms with Crippen LogP contribution in [0.2, 0.25) is 0 Å². The summed E-state index contributed by atoms with van der Waals surface area (Å²) >= 11 is 0. The maximum Gasteiger partial charge on any atom is 0.240 e. The Morgan fingerprint density at radius 2 is 2.10 bits per heavy atom. The third kappa shape index (κ3) is 2.91. The standard InChI is InChI=1S/C12H17N5O2S/c1-8-9(7-16-17(8)2)6-15-11-4-3-10(13)5-12(11)20(14,18)19/h3-5,7,15H,6,13H2,1-2H3,(H2,14,18,19). The van der Waals surface area contributed by atoms with Crippen molar-refractivity contribution in [3.05, 3.63) is 35.7 Å². The molecule has 0 saturated carbocycles. The van der Waals surface area contributed by atoms with E-state index in [1.807, 2.05) is 14.0 Å². The molecule has 0 spiro atoms. The van der Waals surface area contributed by atoms with E-state index in [9.17, 15) is 8.42 Å². The second-order valence-electron chi connectivity index (χ2n) is 4.53. The van der Waals surface area contributed by atoms with E-state index >= 15 is 0 Å². The summed E-state index contributed by atoms with van der Waals surface area (Å²) in [5.74, 6) is 0. The molecule has 0 amide bonds. The van der Waals surface area contributed by atoms with Gasteiger partial charge < -0.3 is 11.1 Å². The van der Waals surface area contributed by atoms with Gasteiger partial charge in [0.15, 0.2) is 0 Å². The molecule has 0 aliphatic heterocycles.